The van der Waals surface area contributed by atoms with E-state index in [4.69, 9.17) is 4.74 Å². The average Bonchev–Trinajstić information content (AvgIpc) is 2.21. The van der Waals surface area contributed by atoms with Crippen molar-refractivity contribution in [3.63, 3.8) is 0 Å². The summed E-state index contributed by atoms with van der Waals surface area (Å²) in [6.07, 6.45) is 0.524. The molecule has 0 saturated carbocycles. The number of hydrogen-bond donors (Lipinski definition) is 0. The Balaban J connectivity index is 2.94. The van der Waals surface area contributed by atoms with Crippen molar-refractivity contribution in [2.24, 2.45) is 0 Å². The monoisotopic (exact) mass is 270 g/mol. The molecule has 0 atom stereocenters. The largest absolute Gasteiger partial charge is 0.494 e. The molecule has 15 heavy (non-hydrogen) atoms. The van der Waals surface area contributed by atoms with Gasteiger partial charge in [0.05, 0.1) is 6.61 Å². The van der Waals surface area contributed by atoms with Crippen LogP contribution < -0.4 is 4.74 Å². The molecular weight excluding hydrogens is 256 g/mol. The molecule has 82 valence electrons. The minimum atomic E-state index is 0.158. The Morgan fingerprint density at radius 2 is 2.20 bits per heavy atom. The van der Waals surface area contributed by atoms with Crippen LogP contribution in [0.5, 0.6) is 5.75 Å². The fourth-order valence-electron chi connectivity index (χ4n) is 1.38. The van der Waals surface area contributed by atoms with E-state index in [9.17, 15) is 4.79 Å². The summed E-state index contributed by atoms with van der Waals surface area (Å²) in [6.45, 7) is 4.49. The van der Waals surface area contributed by atoms with Crippen LogP contribution in [0.2, 0.25) is 0 Å². The zero-order chi connectivity index (χ0) is 11.3. The van der Waals surface area contributed by atoms with Crippen molar-refractivity contribution in [1.29, 1.82) is 0 Å². The van der Waals surface area contributed by atoms with Gasteiger partial charge in [-0.3, -0.25) is 4.79 Å². The smallest absolute Gasteiger partial charge is 0.164 e. The van der Waals surface area contributed by atoms with Crippen molar-refractivity contribution < 1.29 is 9.53 Å². The van der Waals surface area contributed by atoms with Gasteiger partial charge in [-0.05, 0) is 31.5 Å². The number of aryl methyl sites for hydroxylation is 1. The molecule has 0 spiro atoms. The summed E-state index contributed by atoms with van der Waals surface area (Å²) in [7, 11) is 0. The first-order valence-corrected chi connectivity index (χ1v) is 6.13. The lowest BCUT2D eigenvalue weighted by atomic mass is 10.0. The standard InChI is InChI=1S/C12H15BrO2/c1-3-15-10-5-4-9(2)11(8-10)12(14)6-7-13/h4-5,8H,3,6-7H2,1-2H3. The van der Waals surface area contributed by atoms with Gasteiger partial charge in [-0.15, -0.1) is 0 Å². The van der Waals surface area contributed by atoms with E-state index in [1.54, 1.807) is 0 Å². The number of halogens is 1. The molecule has 0 fully saturated rings. The Labute approximate surface area is 98.8 Å². The first-order chi connectivity index (χ1) is 7.19. The number of benzene rings is 1. The molecule has 0 radical (unpaired) electrons. The summed E-state index contributed by atoms with van der Waals surface area (Å²) in [5.74, 6) is 0.923. The van der Waals surface area contributed by atoms with Crippen molar-refractivity contribution in [1.82, 2.24) is 0 Å². The van der Waals surface area contributed by atoms with Crippen LogP contribution in [-0.4, -0.2) is 17.7 Å². The van der Waals surface area contributed by atoms with Crippen LogP contribution in [0.15, 0.2) is 18.2 Å². The highest BCUT2D eigenvalue weighted by Crippen LogP contribution is 2.19. The van der Waals surface area contributed by atoms with Crippen molar-refractivity contribution in [2.45, 2.75) is 20.3 Å². The number of hydrogen-bond acceptors (Lipinski definition) is 2. The molecule has 0 saturated heterocycles. The van der Waals surface area contributed by atoms with Crippen LogP contribution in [0.25, 0.3) is 0 Å². The molecule has 0 heterocycles. The Morgan fingerprint density at radius 1 is 1.47 bits per heavy atom. The quantitative estimate of drug-likeness (QED) is 0.606. The number of carbonyl (C=O) groups excluding carboxylic acids is 1. The van der Waals surface area contributed by atoms with Gasteiger partial charge in [-0.2, -0.15) is 0 Å². The normalized spacial score (nSPS) is 10.1. The second-order valence-electron chi connectivity index (χ2n) is 3.27. The predicted molar refractivity (Wildman–Crippen MR) is 65.1 cm³/mol. The van der Waals surface area contributed by atoms with E-state index in [1.165, 1.54) is 0 Å². The summed E-state index contributed by atoms with van der Waals surface area (Å²) >= 11 is 3.27. The molecule has 0 unspecified atom stereocenters. The summed E-state index contributed by atoms with van der Waals surface area (Å²) in [5.41, 5.74) is 1.77. The van der Waals surface area contributed by atoms with Gasteiger partial charge in [0.25, 0.3) is 0 Å². The number of carbonyl (C=O) groups is 1. The minimum Gasteiger partial charge on any atom is -0.494 e. The third-order valence-corrected chi connectivity index (χ3v) is 2.54. The lowest BCUT2D eigenvalue weighted by Gasteiger charge is -2.07. The van der Waals surface area contributed by atoms with Crippen LogP contribution >= 0.6 is 15.9 Å². The molecule has 3 heteroatoms. The highest BCUT2D eigenvalue weighted by molar-refractivity contribution is 9.09. The maximum Gasteiger partial charge on any atom is 0.164 e. The molecular formula is C12H15BrO2. The third kappa shape index (κ3) is 3.34. The zero-order valence-corrected chi connectivity index (χ0v) is 10.6. The van der Waals surface area contributed by atoms with E-state index in [0.29, 0.717) is 18.4 Å². The molecule has 1 aromatic rings. The molecule has 0 aliphatic carbocycles. The molecule has 1 rings (SSSR count). The second kappa shape index (κ2) is 5.91. The zero-order valence-electron chi connectivity index (χ0n) is 9.05. The van der Waals surface area contributed by atoms with Gasteiger partial charge in [0.15, 0.2) is 5.78 Å². The van der Waals surface area contributed by atoms with Gasteiger partial charge in [0, 0.05) is 17.3 Å². The van der Waals surface area contributed by atoms with Crippen LogP contribution in [-0.2, 0) is 0 Å². The SMILES string of the molecule is CCOc1ccc(C)c(C(=O)CCBr)c1. The number of ketones is 1. The Kier molecular flexibility index (Phi) is 4.82. The third-order valence-electron chi connectivity index (χ3n) is 2.14. The summed E-state index contributed by atoms with van der Waals surface area (Å²) in [5, 5.41) is 0.699. The molecule has 0 aromatic heterocycles. The maximum atomic E-state index is 11.7. The molecule has 0 bridgehead atoms. The second-order valence-corrected chi connectivity index (χ2v) is 4.06. The lowest BCUT2D eigenvalue weighted by molar-refractivity contribution is 0.0989. The van der Waals surface area contributed by atoms with Gasteiger partial charge in [0.1, 0.15) is 5.75 Å². The molecule has 0 aliphatic rings. The summed E-state index contributed by atoms with van der Waals surface area (Å²) in [6, 6.07) is 5.64. The highest BCUT2D eigenvalue weighted by atomic mass is 79.9. The maximum absolute atomic E-state index is 11.7. The number of alkyl halides is 1. The number of Topliss-reactive ketones (excluding diaryl/α,β-unsaturated/α-hetero) is 1. The molecule has 0 aliphatic heterocycles. The van der Waals surface area contributed by atoms with Gasteiger partial charge in [-0.1, -0.05) is 22.0 Å². The topological polar surface area (TPSA) is 26.3 Å². The van der Waals surface area contributed by atoms with E-state index in [-0.39, 0.29) is 5.78 Å². The number of rotatable bonds is 5. The van der Waals surface area contributed by atoms with Gasteiger partial charge in [-0.25, -0.2) is 0 Å². The predicted octanol–water partition coefficient (Wildman–Crippen LogP) is 3.36. The fourth-order valence-corrected chi connectivity index (χ4v) is 1.74. The molecule has 1 aromatic carbocycles. The van der Waals surface area contributed by atoms with Gasteiger partial charge < -0.3 is 4.74 Å². The van der Waals surface area contributed by atoms with E-state index >= 15 is 0 Å². The van der Waals surface area contributed by atoms with E-state index < -0.39 is 0 Å². The minimum absolute atomic E-state index is 0.158. The van der Waals surface area contributed by atoms with Crippen LogP contribution in [0.1, 0.15) is 29.3 Å². The Bertz CT molecular complexity index is 347. The highest BCUT2D eigenvalue weighted by Gasteiger charge is 2.09. The molecule has 2 nitrogen and oxygen atoms in total. The van der Waals surface area contributed by atoms with Crippen molar-refractivity contribution in [3.8, 4) is 5.75 Å². The van der Waals surface area contributed by atoms with E-state index in [1.807, 2.05) is 32.0 Å². The first-order valence-electron chi connectivity index (χ1n) is 5.01. The van der Waals surface area contributed by atoms with E-state index in [2.05, 4.69) is 15.9 Å². The molecule has 0 amide bonds. The Morgan fingerprint density at radius 3 is 2.80 bits per heavy atom. The Hall–Kier alpha value is -0.830. The van der Waals surface area contributed by atoms with Gasteiger partial charge in [0.2, 0.25) is 0 Å². The van der Waals surface area contributed by atoms with E-state index in [0.717, 1.165) is 16.9 Å². The lowest BCUT2D eigenvalue weighted by Crippen LogP contribution is -2.03. The van der Waals surface area contributed by atoms with Crippen molar-refractivity contribution in [2.75, 3.05) is 11.9 Å². The summed E-state index contributed by atoms with van der Waals surface area (Å²) < 4.78 is 5.37. The van der Waals surface area contributed by atoms with Gasteiger partial charge >= 0.3 is 0 Å². The number of ether oxygens (including phenoxy) is 1. The van der Waals surface area contributed by atoms with Crippen LogP contribution in [0.3, 0.4) is 0 Å². The van der Waals surface area contributed by atoms with Crippen LogP contribution in [0.4, 0.5) is 0 Å². The molecule has 0 N–H and O–H groups in total. The summed E-state index contributed by atoms with van der Waals surface area (Å²) in [4.78, 5) is 11.7. The van der Waals surface area contributed by atoms with Crippen molar-refractivity contribution >= 4 is 21.7 Å². The van der Waals surface area contributed by atoms with Crippen LogP contribution in [0, 0.1) is 6.92 Å². The first kappa shape index (κ1) is 12.2. The van der Waals surface area contributed by atoms with Crippen molar-refractivity contribution in [3.05, 3.63) is 29.3 Å². The average molecular weight is 271 g/mol. The fraction of sp³-hybridized carbons (Fsp3) is 0.417.